The van der Waals surface area contributed by atoms with Gasteiger partial charge in [0.2, 0.25) is 11.5 Å². The van der Waals surface area contributed by atoms with Gasteiger partial charge in [0, 0.05) is 31.0 Å². The van der Waals surface area contributed by atoms with Crippen molar-refractivity contribution in [2.75, 3.05) is 18.0 Å². The third kappa shape index (κ3) is 1.96. The quantitative estimate of drug-likeness (QED) is 0.676. The van der Waals surface area contributed by atoms with Crippen LogP contribution in [-0.4, -0.2) is 38.6 Å². The molecule has 1 N–H and O–H groups in total. The highest BCUT2D eigenvalue weighted by molar-refractivity contribution is 5.63. The molecule has 1 unspecified atom stereocenters. The Morgan fingerprint density at radius 2 is 2.00 bits per heavy atom. The van der Waals surface area contributed by atoms with Crippen LogP contribution < -0.4 is 4.90 Å². The highest BCUT2D eigenvalue weighted by Crippen LogP contribution is 2.39. The van der Waals surface area contributed by atoms with Crippen LogP contribution in [-0.2, 0) is 0 Å². The number of pyridine rings is 1. The Kier molecular flexibility index (Phi) is 3.04. The SMILES string of the molecule is O=[N+]([O-])c1c(N2C[C@H]3CCC[C@@H](C2)C3O)nc2ccccn12. The largest absolute Gasteiger partial charge is 0.392 e. The number of hydrogen-bond acceptors (Lipinski definition) is 5. The Labute approximate surface area is 127 Å². The summed E-state index contributed by atoms with van der Waals surface area (Å²) in [6, 6.07) is 5.36. The van der Waals surface area contributed by atoms with Crippen molar-refractivity contribution in [3.63, 3.8) is 0 Å². The van der Waals surface area contributed by atoms with E-state index in [4.69, 9.17) is 0 Å². The van der Waals surface area contributed by atoms with Crippen LogP contribution in [0.3, 0.4) is 0 Å². The first-order chi connectivity index (χ1) is 10.6. The molecule has 7 heteroatoms. The number of imidazole rings is 1. The van der Waals surface area contributed by atoms with E-state index in [9.17, 15) is 15.2 Å². The number of fused-ring (bicyclic) bond motifs is 3. The van der Waals surface area contributed by atoms with Crippen LogP contribution in [0.2, 0.25) is 0 Å². The van der Waals surface area contributed by atoms with Crippen LogP contribution in [0, 0.1) is 22.0 Å². The number of piperidine rings is 1. The van der Waals surface area contributed by atoms with Crippen LogP contribution in [0.4, 0.5) is 11.6 Å². The maximum atomic E-state index is 11.5. The molecule has 1 aliphatic carbocycles. The molecule has 2 bridgehead atoms. The van der Waals surface area contributed by atoms with Gasteiger partial charge in [-0.15, -0.1) is 0 Å². The Hall–Kier alpha value is -2.15. The summed E-state index contributed by atoms with van der Waals surface area (Å²) in [4.78, 5) is 17.6. The molecular weight excluding hydrogens is 284 g/mol. The number of nitrogens with zero attached hydrogens (tertiary/aromatic N) is 4. The molecule has 2 aromatic heterocycles. The lowest BCUT2D eigenvalue weighted by molar-refractivity contribution is -0.389. The van der Waals surface area contributed by atoms with Gasteiger partial charge in [0.05, 0.1) is 12.3 Å². The van der Waals surface area contributed by atoms with Gasteiger partial charge in [-0.25, -0.2) is 0 Å². The standard InChI is InChI=1S/C15H18N4O3/c20-13-10-4-3-5-11(13)9-17(8-10)14-15(19(21)22)18-7-2-1-6-12(18)16-14/h1-2,6-7,10-11,13,20H,3-5,8-9H2/t10-,11+,13?. The van der Waals surface area contributed by atoms with E-state index >= 15 is 0 Å². The molecule has 2 aliphatic rings. The zero-order valence-electron chi connectivity index (χ0n) is 12.1. The molecule has 0 aromatic carbocycles. The summed E-state index contributed by atoms with van der Waals surface area (Å²) in [7, 11) is 0. The lowest BCUT2D eigenvalue weighted by Crippen LogP contribution is -2.51. The molecule has 116 valence electrons. The van der Waals surface area contributed by atoms with Gasteiger partial charge in [-0.05, 0) is 23.8 Å². The number of aliphatic hydroxyl groups is 1. The van der Waals surface area contributed by atoms with Gasteiger partial charge in [-0.3, -0.25) is 0 Å². The average molecular weight is 302 g/mol. The van der Waals surface area contributed by atoms with E-state index in [1.54, 1.807) is 18.3 Å². The normalized spacial score (nSPS) is 28.0. The van der Waals surface area contributed by atoms with Crippen LogP contribution in [0.15, 0.2) is 24.4 Å². The van der Waals surface area contributed by atoms with E-state index in [1.807, 2.05) is 11.0 Å². The van der Waals surface area contributed by atoms with E-state index in [1.165, 1.54) is 4.40 Å². The van der Waals surface area contributed by atoms with Crippen LogP contribution in [0.25, 0.3) is 5.65 Å². The van der Waals surface area contributed by atoms with Crippen molar-refractivity contribution in [2.24, 2.45) is 11.8 Å². The number of aromatic nitrogens is 2. The highest BCUT2D eigenvalue weighted by Gasteiger charge is 2.41. The van der Waals surface area contributed by atoms with Gasteiger partial charge in [-0.1, -0.05) is 12.5 Å². The number of hydrogen-bond donors (Lipinski definition) is 1. The van der Waals surface area contributed by atoms with E-state index in [0.717, 1.165) is 19.3 Å². The predicted molar refractivity (Wildman–Crippen MR) is 80.9 cm³/mol. The van der Waals surface area contributed by atoms with Gasteiger partial charge in [0.1, 0.15) is 0 Å². The van der Waals surface area contributed by atoms with Crippen molar-refractivity contribution in [1.29, 1.82) is 0 Å². The minimum Gasteiger partial charge on any atom is -0.392 e. The van der Waals surface area contributed by atoms with Crippen molar-refractivity contribution < 1.29 is 10.0 Å². The Morgan fingerprint density at radius 1 is 1.27 bits per heavy atom. The molecule has 2 aromatic rings. The topological polar surface area (TPSA) is 83.9 Å². The van der Waals surface area contributed by atoms with Crippen LogP contribution in [0.5, 0.6) is 0 Å². The van der Waals surface area contributed by atoms with Gasteiger partial charge < -0.3 is 20.1 Å². The first-order valence-corrected chi connectivity index (χ1v) is 7.69. The molecule has 0 spiro atoms. The average Bonchev–Trinajstić information content (AvgIpc) is 2.86. The smallest absolute Gasteiger partial charge is 0.372 e. The molecule has 0 amide bonds. The molecule has 1 saturated heterocycles. The molecule has 0 radical (unpaired) electrons. The van der Waals surface area contributed by atoms with E-state index < -0.39 is 0 Å². The molecule has 4 rings (SSSR count). The summed E-state index contributed by atoms with van der Waals surface area (Å²) in [5.74, 6) is 0.832. The summed E-state index contributed by atoms with van der Waals surface area (Å²) in [6.07, 6.45) is 4.49. The van der Waals surface area contributed by atoms with Crippen molar-refractivity contribution in [3.8, 4) is 0 Å². The fraction of sp³-hybridized carbons (Fsp3) is 0.533. The second-order valence-corrected chi connectivity index (χ2v) is 6.29. The predicted octanol–water partition coefficient (Wildman–Crippen LogP) is 1.84. The van der Waals surface area contributed by atoms with Crippen molar-refractivity contribution in [2.45, 2.75) is 25.4 Å². The number of anilines is 1. The molecule has 22 heavy (non-hydrogen) atoms. The molecule has 1 saturated carbocycles. The lowest BCUT2D eigenvalue weighted by Gasteiger charge is -2.44. The summed E-state index contributed by atoms with van der Waals surface area (Å²) >= 11 is 0. The van der Waals surface area contributed by atoms with Crippen molar-refractivity contribution in [3.05, 3.63) is 34.5 Å². The Bertz CT molecular complexity index is 715. The molecular formula is C15H18N4O3. The fourth-order valence-corrected chi connectivity index (χ4v) is 3.93. The third-order valence-corrected chi connectivity index (χ3v) is 4.99. The van der Waals surface area contributed by atoms with Crippen molar-refractivity contribution >= 4 is 17.3 Å². The molecule has 2 fully saturated rings. The first-order valence-electron chi connectivity index (χ1n) is 7.69. The van der Waals surface area contributed by atoms with Gasteiger partial charge in [-0.2, -0.15) is 9.38 Å². The number of rotatable bonds is 2. The molecule has 1 aliphatic heterocycles. The summed E-state index contributed by atoms with van der Waals surface area (Å²) in [5.41, 5.74) is 0.584. The summed E-state index contributed by atoms with van der Waals surface area (Å²) in [6.45, 7) is 1.28. The fourth-order valence-electron chi connectivity index (χ4n) is 3.93. The third-order valence-electron chi connectivity index (χ3n) is 4.99. The van der Waals surface area contributed by atoms with E-state index in [2.05, 4.69) is 4.98 Å². The Balaban J connectivity index is 1.78. The Morgan fingerprint density at radius 3 is 2.68 bits per heavy atom. The maximum absolute atomic E-state index is 11.5. The van der Waals surface area contributed by atoms with Gasteiger partial charge in [0.15, 0.2) is 0 Å². The minimum atomic E-state index is -0.365. The van der Waals surface area contributed by atoms with Gasteiger partial charge in [0.25, 0.3) is 0 Å². The van der Waals surface area contributed by atoms with E-state index in [-0.39, 0.29) is 28.7 Å². The number of aliphatic hydroxyl groups excluding tert-OH is 1. The molecule has 7 nitrogen and oxygen atoms in total. The summed E-state index contributed by atoms with van der Waals surface area (Å²) in [5, 5.41) is 21.8. The summed E-state index contributed by atoms with van der Waals surface area (Å²) < 4.78 is 1.52. The zero-order chi connectivity index (χ0) is 15.3. The molecule has 3 atom stereocenters. The van der Waals surface area contributed by atoms with Crippen LogP contribution in [0.1, 0.15) is 19.3 Å². The minimum absolute atomic E-state index is 0.0186. The lowest BCUT2D eigenvalue weighted by atomic mass is 9.75. The van der Waals surface area contributed by atoms with Gasteiger partial charge >= 0.3 is 5.82 Å². The molecule has 3 heterocycles. The van der Waals surface area contributed by atoms with E-state index in [0.29, 0.717) is 24.6 Å². The highest BCUT2D eigenvalue weighted by atomic mass is 16.6. The van der Waals surface area contributed by atoms with Crippen LogP contribution >= 0.6 is 0 Å². The number of nitro groups is 1. The monoisotopic (exact) mass is 302 g/mol. The second kappa shape index (κ2) is 4.95. The zero-order valence-corrected chi connectivity index (χ0v) is 12.1. The first kappa shape index (κ1) is 13.5. The van der Waals surface area contributed by atoms with Crippen molar-refractivity contribution in [1.82, 2.24) is 9.38 Å². The second-order valence-electron chi connectivity index (χ2n) is 6.29. The maximum Gasteiger partial charge on any atom is 0.372 e.